The van der Waals surface area contributed by atoms with Gasteiger partial charge in [-0.3, -0.25) is 4.79 Å². The van der Waals surface area contributed by atoms with Crippen molar-refractivity contribution in [2.24, 2.45) is 5.92 Å². The minimum Gasteiger partial charge on any atom is -0.507 e. The monoisotopic (exact) mass is 437 g/mol. The highest BCUT2D eigenvalue weighted by Crippen LogP contribution is 2.31. The number of ketones is 1. The standard InChI is InChI=1S/C25H27NO6/c1-15-11-12-21(28)24(30)20(27)10-6-7-17-13-19(26-18-8-4-3-5-9-18)14-22(29)23(17)25(31)32-16(15)2/h3-9,11-16,20,24,26-27,29-30H,10H2,1-2H3/b7-6+,12-11-/t15-,16+,20+,24+/m1/s1. The van der Waals surface area contributed by atoms with Gasteiger partial charge in [-0.15, -0.1) is 0 Å². The lowest BCUT2D eigenvalue weighted by Gasteiger charge is -2.20. The number of hydrogen-bond acceptors (Lipinski definition) is 7. The van der Waals surface area contributed by atoms with E-state index in [0.717, 1.165) is 5.69 Å². The van der Waals surface area contributed by atoms with Crippen LogP contribution >= 0.6 is 0 Å². The number of fused-ring (bicyclic) bond motifs is 1. The maximum Gasteiger partial charge on any atom is 0.342 e. The predicted molar refractivity (Wildman–Crippen MR) is 122 cm³/mol. The summed E-state index contributed by atoms with van der Waals surface area (Å²) in [6.45, 7) is 3.43. The highest BCUT2D eigenvalue weighted by atomic mass is 16.5. The third kappa shape index (κ3) is 5.63. The number of aliphatic hydroxyl groups excluding tert-OH is 2. The van der Waals surface area contributed by atoms with Crippen molar-refractivity contribution in [1.82, 2.24) is 0 Å². The normalized spacial score (nSPS) is 26.4. The van der Waals surface area contributed by atoms with E-state index in [4.69, 9.17) is 4.74 Å². The Balaban J connectivity index is 2.01. The number of benzene rings is 2. The van der Waals surface area contributed by atoms with Crippen molar-refractivity contribution in [3.05, 3.63) is 71.8 Å². The summed E-state index contributed by atoms with van der Waals surface area (Å²) < 4.78 is 5.53. The molecule has 0 unspecified atom stereocenters. The van der Waals surface area contributed by atoms with E-state index in [1.807, 2.05) is 30.3 Å². The topological polar surface area (TPSA) is 116 Å². The Morgan fingerprint density at radius 2 is 1.72 bits per heavy atom. The first-order valence-corrected chi connectivity index (χ1v) is 10.4. The molecule has 0 saturated carbocycles. The first-order valence-electron chi connectivity index (χ1n) is 10.4. The van der Waals surface area contributed by atoms with Gasteiger partial charge in [-0.05, 0) is 43.2 Å². The number of aliphatic hydroxyl groups is 2. The smallest absolute Gasteiger partial charge is 0.342 e. The molecule has 7 nitrogen and oxygen atoms in total. The molecule has 7 heteroatoms. The molecule has 4 atom stereocenters. The first-order chi connectivity index (χ1) is 15.3. The number of cyclic esters (lactones) is 1. The van der Waals surface area contributed by atoms with Gasteiger partial charge in [0.2, 0.25) is 0 Å². The van der Waals surface area contributed by atoms with Crippen LogP contribution in [0.3, 0.4) is 0 Å². The largest absolute Gasteiger partial charge is 0.507 e. The molecule has 0 bridgehead atoms. The fraction of sp³-hybridized carbons (Fsp3) is 0.280. The van der Waals surface area contributed by atoms with Crippen molar-refractivity contribution in [3.63, 3.8) is 0 Å². The Hall–Kier alpha value is -3.42. The van der Waals surface area contributed by atoms with E-state index in [1.165, 1.54) is 24.3 Å². The number of para-hydroxylation sites is 1. The van der Waals surface area contributed by atoms with Crippen LogP contribution < -0.4 is 5.32 Å². The molecular weight excluding hydrogens is 410 g/mol. The van der Waals surface area contributed by atoms with Crippen LogP contribution in [0, 0.1) is 5.92 Å². The number of carbonyl (C=O) groups is 2. The van der Waals surface area contributed by atoms with Gasteiger partial charge in [0.1, 0.15) is 23.5 Å². The quantitative estimate of drug-likeness (QED) is 0.531. The predicted octanol–water partition coefficient (Wildman–Crippen LogP) is 3.58. The molecule has 1 aliphatic rings. The summed E-state index contributed by atoms with van der Waals surface area (Å²) in [5.41, 5.74) is 1.71. The highest BCUT2D eigenvalue weighted by Gasteiger charge is 2.25. The number of aromatic hydroxyl groups is 1. The number of anilines is 2. The van der Waals surface area contributed by atoms with E-state index in [-0.39, 0.29) is 23.7 Å². The van der Waals surface area contributed by atoms with Crippen molar-refractivity contribution in [2.45, 2.75) is 38.6 Å². The van der Waals surface area contributed by atoms with Crippen LogP contribution in [0.25, 0.3) is 6.08 Å². The summed E-state index contributed by atoms with van der Waals surface area (Å²) in [6, 6.07) is 12.4. The average molecular weight is 437 g/mol. The molecule has 0 spiro atoms. The molecule has 1 heterocycles. The lowest BCUT2D eigenvalue weighted by molar-refractivity contribution is -0.127. The summed E-state index contributed by atoms with van der Waals surface area (Å²) in [5.74, 6) is -1.92. The Labute approximate surface area is 186 Å². The van der Waals surface area contributed by atoms with Crippen LogP contribution in [0.1, 0.15) is 36.2 Å². The molecule has 1 aliphatic heterocycles. The van der Waals surface area contributed by atoms with Crippen LogP contribution in [0.15, 0.2) is 60.7 Å². The summed E-state index contributed by atoms with van der Waals surface area (Å²) in [4.78, 5) is 25.0. The maximum atomic E-state index is 12.9. The Bertz CT molecular complexity index is 1030. The summed E-state index contributed by atoms with van der Waals surface area (Å²) in [5, 5.41) is 34.1. The van der Waals surface area contributed by atoms with Crippen molar-refractivity contribution in [2.75, 3.05) is 5.32 Å². The van der Waals surface area contributed by atoms with Gasteiger partial charge in [-0.25, -0.2) is 4.79 Å². The molecule has 0 radical (unpaired) electrons. The molecule has 0 fully saturated rings. The van der Waals surface area contributed by atoms with Gasteiger partial charge in [0.25, 0.3) is 0 Å². The van der Waals surface area contributed by atoms with E-state index >= 15 is 0 Å². The molecule has 0 aliphatic carbocycles. The SMILES string of the molecule is C[C@@H]1/C=C\C(=O)[C@@H](O)[C@@H](O)C/C=C/c2cc(Nc3ccccc3)cc(O)c2C(=O)O[C@H]1C. The number of ether oxygens (including phenoxy) is 1. The summed E-state index contributed by atoms with van der Waals surface area (Å²) in [7, 11) is 0. The second-order valence-electron chi connectivity index (χ2n) is 7.83. The van der Waals surface area contributed by atoms with Gasteiger partial charge < -0.3 is 25.4 Å². The number of nitrogens with one attached hydrogen (secondary N) is 1. The molecule has 0 saturated heterocycles. The zero-order valence-corrected chi connectivity index (χ0v) is 17.9. The minimum atomic E-state index is -1.57. The van der Waals surface area contributed by atoms with Gasteiger partial charge in [-0.1, -0.05) is 43.4 Å². The van der Waals surface area contributed by atoms with Crippen LogP contribution in [-0.4, -0.2) is 45.4 Å². The van der Waals surface area contributed by atoms with Crippen LogP contribution in [0.2, 0.25) is 0 Å². The lowest BCUT2D eigenvalue weighted by atomic mass is 9.99. The Kier molecular flexibility index (Phi) is 7.45. The number of rotatable bonds is 2. The first kappa shape index (κ1) is 23.2. The number of esters is 1. The fourth-order valence-electron chi connectivity index (χ4n) is 3.25. The molecule has 0 amide bonds. The fourth-order valence-corrected chi connectivity index (χ4v) is 3.25. The van der Waals surface area contributed by atoms with E-state index in [2.05, 4.69) is 5.32 Å². The molecule has 4 N–H and O–H groups in total. The van der Waals surface area contributed by atoms with E-state index in [9.17, 15) is 24.9 Å². The maximum absolute atomic E-state index is 12.9. The number of hydrogen-bond donors (Lipinski definition) is 4. The Morgan fingerprint density at radius 1 is 1.00 bits per heavy atom. The second kappa shape index (κ2) is 10.3. The van der Waals surface area contributed by atoms with Gasteiger partial charge in [0.15, 0.2) is 5.78 Å². The van der Waals surface area contributed by atoms with Crippen LogP contribution in [-0.2, 0) is 9.53 Å². The van der Waals surface area contributed by atoms with Gasteiger partial charge in [0.05, 0.1) is 6.10 Å². The van der Waals surface area contributed by atoms with Crippen molar-refractivity contribution in [3.8, 4) is 5.75 Å². The molecular formula is C25H27NO6. The molecule has 168 valence electrons. The highest BCUT2D eigenvalue weighted by molar-refractivity contribution is 5.98. The number of phenolic OH excluding ortho intramolecular Hbond substituents is 1. The van der Waals surface area contributed by atoms with Crippen molar-refractivity contribution >= 4 is 29.2 Å². The van der Waals surface area contributed by atoms with E-state index in [0.29, 0.717) is 11.3 Å². The van der Waals surface area contributed by atoms with E-state index < -0.39 is 30.1 Å². The third-order valence-electron chi connectivity index (χ3n) is 5.34. The zero-order chi connectivity index (χ0) is 23.3. The summed E-state index contributed by atoms with van der Waals surface area (Å²) in [6.07, 6.45) is 2.27. The van der Waals surface area contributed by atoms with Crippen LogP contribution in [0.5, 0.6) is 5.75 Å². The summed E-state index contributed by atoms with van der Waals surface area (Å²) >= 11 is 0. The van der Waals surface area contributed by atoms with Gasteiger partial charge in [-0.2, -0.15) is 0 Å². The minimum absolute atomic E-state index is 0.00827. The second-order valence-corrected chi connectivity index (χ2v) is 7.83. The molecule has 2 aromatic rings. The molecule has 2 aromatic carbocycles. The lowest BCUT2D eigenvalue weighted by Crippen LogP contribution is -2.32. The van der Waals surface area contributed by atoms with E-state index in [1.54, 1.807) is 26.0 Å². The van der Waals surface area contributed by atoms with Crippen LogP contribution in [0.4, 0.5) is 11.4 Å². The Morgan fingerprint density at radius 3 is 2.44 bits per heavy atom. The van der Waals surface area contributed by atoms with Crippen molar-refractivity contribution in [1.29, 1.82) is 0 Å². The number of phenols is 1. The average Bonchev–Trinajstić information content (AvgIpc) is 2.76. The zero-order valence-electron chi connectivity index (χ0n) is 17.9. The molecule has 32 heavy (non-hydrogen) atoms. The van der Waals surface area contributed by atoms with Gasteiger partial charge >= 0.3 is 5.97 Å². The number of carbonyl (C=O) groups excluding carboxylic acids is 2. The van der Waals surface area contributed by atoms with Gasteiger partial charge in [0, 0.05) is 23.4 Å². The third-order valence-corrected chi connectivity index (χ3v) is 5.34. The molecule has 0 aromatic heterocycles. The molecule has 3 rings (SSSR count). The van der Waals surface area contributed by atoms with Crippen molar-refractivity contribution < 1.29 is 29.6 Å².